The Hall–Kier alpha value is -8.96. The number of rotatable bonds is 35. The van der Waals surface area contributed by atoms with Crippen LogP contribution in [-0.4, -0.2) is 186 Å². The number of morpholine rings is 1. The summed E-state index contributed by atoms with van der Waals surface area (Å²) in [7, 11) is 1.48. The standard InChI is InChI=1S/C60H79N13O15/c1-5-88-58-68-53(61)52-54(69-58)73(59(80)67-52)37-43-15-10-41(34-47(43)83-4)36-72(60(81)82)46(42-13-8-40(9-14-42)35-70-22-26-85-27-23-70)33-39-11-16-44(17-12-39)64-55(77)45(7-6-21-63-57(62)79)65-56(78)51(38(2)3)66-48(74)20-25-84-29-31-87-32-30-86-28-24-71-49(75)18-19-50(71)76/h8-19,34,38,45-46,51H,5-7,20-33,35-37H2,1-4H3,(H,64,77)(H,65,78)(H,66,74)(H,67,80)(H,81,82)(H2,61,68,69)(H3,62,63,79)/t45-,46?,51-/m0/s1. The van der Waals surface area contributed by atoms with E-state index in [4.69, 9.17) is 39.9 Å². The maximum Gasteiger partial charge on any atom is 0.408 e. The van der Waals surface area contributed by atoms with E-state index in [-0.39, 0.29) is 139 Å². The molecule has 1 fully saturated rings. The Morgan fingerprint density at radius 2 is 1.48 bits per heavy atom. The van der Waals surface area contributed by atoms with Gasteiger partial charge in [-0.3, -0.25) is 43.2 Å². The number of methoxy groups -OCH3 is 1. The van der Waals surface area contributed by atoms with Crippen LogP contribution in [0.1, 0.15) is 73.9 Å². The molecule has 7 rings (SSSR count). The third kappa shape index (κ3) is 19.5. The maximum atomic E-state index is 14.1. The summed E-state index contributed by atoms with van der Waals surface area (Å²) in [6, 6.07) is 16.5. The molecule has 28 heteroatoms. The number of nitrogens with two attached hydrogens (primary N) is 2. The van der Waals surface area contributed by atoms with Gasteiger partial charge in [-0.05, 0) is 72.6 Å². The zero-order valence-corrected chi connectivity index (χ0v) is 50.0. The Labute approximate surface area is 508 Å². The van der Waals surface area contributed by atoms with Gasteiger partial charge in [-0.25, -0.2) is 14.4 Å². The van der Waals surface area contributed by atoms with Crippen LogP contribution in [0.3, 0.4) is 0 Å². The zero-order chi connectivity index (χ0) is 63.1. The first kappa shape index (κ1) is 66.6. The van der Waals surface area contributed by atoms with Gasteiger partial charge in [-0.2, -0.15) is 9.97 Å². The second-order valence-corrected chi connectivity index (χ2v) is 21.2. The summed E-state index contributed by atoms with van der Waals surface area (Å²) < 4.78 is 34.7. The highest BCUT2D eigenvalue weighted by atomic mass is 16.5. The second kappa shape index (κ2) is 33.2. The number of hydrogen-bond acceptors (Lipinski definition) is 18. The molecule has 10 N–H and O–H groups in total. The van der Waals surface area contributed by atoms with E-state index in [0.717, 1.165) is 34.7 Å². The number of carboxylic acid groups (broad SMARTS) is 1. The predicted molar refractivity (Wildman–Crippen MR) is 322 cm³/mol. The third-order valence-corrected chi connectivity index (χ3v) is 14.5. The minimum atomic E-state index is -1.18. The molecule has 0 bridgehead atoms. The van der Waals surface area contributed by atoms with E-state index in [1.807, 2.05) is 24.3 Å². The Balaban J connectivity index is 0.991. The second-order valence-electron chi connectivity index (χ2n) is 21.2. The summed E-state index contributed by atoms with van der Waals surface area (Å²) in [6.07, 6.45) is 1.74. The number of carbonyl (C=O) groups is 7. The van der Waals surface area contributed by atoms with Crippen molar-refractivity contribution >= 4 is 64.3 Å². The van der Waals surface area contributed by atoms with Crippen LogP contribution in [0.5, 0.6) is 11.8 Å². The number of primary amides is 1. The van der Waals surface area contributed by atoms with Gasteiger partial charge in [0, 0.05) is 62.5 Å². The largest absolute Gasteiger partial charge is 0.496 e. The minimum Gasteiger partial charge on any atom is -0.496 e. The van der Waals surface area contributed by atoms with Crippen molar-refractivity contribution in [2.24, 2.45) is 11.7 Å². The summed E-state index contributed by atoms with van der Waals surface area (Å²) in [4.78, 5) is 118. The van der Waals surface area contributed by atoms with Crippen LogP contribution in [0.25, 0.3) is 11.2 Å². The van der Waals surface area contributed by atoms with Crippen molar-refractivity contribution in [2.75, 3.05) is 104 Å². The van der Waals surface area contributed by atoms with Gasteiger partial charge in [0.2, 0.25) is 17.7 Å². The number of hydrogen-bond donors (Lipinski definition) is 8. The quantitative estimate of drug-likeness (QED) is 0.0213. The predicted octanol–water partition coefficient (Wildman–Crippen LogP) is 2.83. The first-order chi connectivity index (χ1) is 42.4. The van der Waals surface area contributed by atoms with Crippen LogP contribution < -0.4 is 47.9 Å². The van der Waals surface area contributed by atoms with Gasteiger partial charge in [-0.15, -0.1) is 0 Å². The molecule has 3 aromatic carbocycles. The molecule has 88 heavy (non-hydrogen) atoms. The highest BCUT2D eigenvalue weighted by Gasteiger charge is 2.31. The maximum absolute atomic E-state index is 14.1. The van der Waals surface area contributed by atoms with Crippen LogP contribution in [-0.2, 0) is 69.0 Å². The molecule has 474 valence electrons. The fourth-order valence-corrected chi connectivity index (χ4v) is 9.86. The number of nitrogens with zero attached hydrogens (tertiary/aromatic N) is 6. The molecule has 2 aliphatic rings. The van der Waals surface area contributed by atoms with Crippen LogP contribution >= 0.6 is 0 Å². The zero-order valence-electron chi connectivity index (χ0n) is 50.0. The molecule has 28 nitrogen and oxygen atoms in total. The smallest absolute Gasteiger partial charge is 0.408 e. The number of amides is 8. The van der Waals surface area contributed by atoms with E-state index < -0.39 is 53.7 Å². The number of urea groups is 1. The number of aromatic amines is 1. The average Bonchev–Trinajstić information content (AvgIpc) is 3.51. The highest BCUT2D eigenvalue weighted by Crippen LogP contribution is 2.31. The monoisotopic (exact) mass is 1220 g/mol. The van der Waals surface area contributed by atoms with Crippen LogP contribution in [0, 0.1) is 5.92 Å². The lowest BCUT2D eigenvalue weighted by Crippen LogP contribution is -2.54. The third-order valence-electron chi connectivity index (χ3n) is 14.5. The normalized spacial score (nSPS) is 14.4. The van der Waals surface area contributed by atoms with Crippen LogP contribution in [0.15, 0.2) is 83.7 Å². The number of benzene rings is 3. The summed E-state index contributed by atoms with van der Waals surface area (Å²) in [5.41, 5.74) is 15.6. The van der Waals surface area contributed by atoms with Crippen molar-refractivity contribution in [1.29, 1.82) is 0 Å². The van der Waals surface area contributed by atoms with Gasteiger partial charge >= 0.3 is 23.8 Å². The fourth-order valence-electron chi connectivity index (χ4n) is 9.86. The average molecular weight is 1220 g/mol. The SMILES string of the molecule is CCOc1nc(N)c2[nH]c(=O)n(Cc3ccc(CN(C(=O)O)C(Cc4ccc(NC(=O)[C@H](CCCNC(N)=O)NC(=O)[C@@H](NC(=O)CCOCCOCCOCCN5C(=O)C=CC5=O)C(C)C)cc4)c4ccc(CN5CCOCC5)cc4)cc3OC)c2n1. The van der Waals surface area contributed by atoms with Gasteiger partial charge in [-0.1, -0.05) is 62.4 Å². The van der Waals surface area contributed by atoms with Crippen molar-refractivity contribution in [1.82, 2.24) is 50.2 Å². The number of anilines is 2. The molecule has 2 aliphatic heterocycles. The number of imidazole rings is 1. The Morgan fingerprint density at radius 1 is 0.818 bits per heavy atom. The molecular weight excluding hydrogens is 1140 g/mol. The molecule has 1 saturated heterocycles. The Bertz CT molecular complexity index is 3260. The summed E-state index contributed by atoms with van der Waals surface area (Å²) in [6.45, 7) is 10.5. The lowest BCUT2D eigenvalue weighted by Gasteiger charge is -2.31. The topological polar surface area (TPSA) is 369 Å². The van der Waals surface area contributed by atoms with E-state index >= 15 is 0 Å². The molecule has 3 atom stereocenters. The summed E-state index contributed by atoms with van der Waals surface area (Å²) in [5, 5.41) is 21.9. The van der Waals surface area contributed by atoms with Gasteiger partial charge in [0.1, 0.15) is 23.3 Å². The van der Waals surface area contributed by atoms with Crippen LogP contribution in [0.4, 0.5) is 21.1 Å². The van der Waals surface area contributed by atoms with E-state index in [1.165, 1.54) is 28.7 Å². The molecule has 0 aliphatic carbocycles. The van der Waals surface area contributed by atoms with Crippen molar-refractivity contribution < 1.29 is 67.1 Å². The number of carbonyl (C=O) groups excluding carboxylic acids is 6. The molecule has 5 aromatic rings. The molecule has 2 aromatic heterocycles. The van der Waals surface area contributed by atoms with Gasteiger partial charge in [0.25, 0.3) is 11.8 Å². The van der Waals surface area contributed by atoms with Crippen molar-refractivity contribution in [3.05, 3.63) is 117 Å². The molecule has 0 radical (unpaired) electrons. The van der Waals surface area contributed by atoms with Crippen molar-refractivity contribution in [2.45, 2.75) is 84.2 Å². The number of aromatic nitrogens is 4. The number of fused-ring (bicyclic) bond motifs is 1. The molecule has 0 saturated carbocycles. The summed E-state index contributed by atoms with van der Waals surface area (Å²) >= 11 is 0. The number of H-pyrrole nitrogens is 1. The number of ether oxygens (including phenoxy) is 6. The van der Waals surface area contributed by atoms with Gasteiger partial charge in [0.15, 0.2) is 11.5 Å². The molecule has 8 amide bonds. The van der Waals surface area contributed by atoms with Crippen LogP contribution in [0.2, 0.25) is 0 Å². The first-order valence-electron chi connectivity index (χ1n) is 29.1. The van der Waals surface area contributed by atoms with E-state index in [9.17, 15) is 43.5 Å². The molecule has 0 spiro atoms. The molecular formula is C60H79N13O15. The Kier molecular flexibility index (Phi) is 25.1. The minimum absolute atomic E-state index is 0.0180. The number of nitrogens with one attached hydrogen (secondary N) is 5. The van der Waals surface area contributed by atoms with E-state index in [0.29, 0.717) is 42.3 Å². The van der Waals surface area contributed by atoms with Crippen molar-refractivity contribution in [3.8, 4) is 11.8 Å². The van der Waals surface area contributed by atoms with Gasteiger partial charge < -0.3 is 71.2 Å². The number of imide groups is 1. The van der Waals surface area contributed by atoms with Crippen molar-refractivity contribution in [3.63, 3.8) is 0 Å². The van der Waals surface area contributed by atoms with Gasteiger partial charge in [0.05, 0.1) is 85.7 Å². The lowest BCUT2D eigenvalue weighted by molar-refractivity contribution is -0.137. The summed E-state index contributed by atoms with van der Waals surface area (Å²) in [5.74, 6) is -2.32. The lowest BCUT2D eigenvalue weighted by atomic mass is 9.95. The molecule has 1 unspecified atom stereocenters. The first-order valence-corrected chi connectivity index (χ1v) is 29.1. The molecule has 4 heterocycles. The highest BCUT2D eigenvalue weighted by molar-refractivity contribution is 6.12. The Morgan fingerprint density at radius 3 is 2.12 bits per heavy atom. The number of nitrogen functional groups attached to an aromatic ring is 1. The van der Waals surface area contributed by atoms with E-state index in [1.54, 1.807) is 63.2 Å². The van der Waals surface area contributed by atoms with E-state index in [2.05, 4.69) is 41.1 Å². The fraction of sp³-hybridized carbons (Fsp3) is 0.467.